The summed E-state index contributed by atoms with van der Waals surface area (Å²) >= 11 is 0. The third-order valence-corrected chi connectivity index (χ3v) is 5.48. The van der Waals surface area contributed by atoms with Crippen molar-refractivity contribution in [3.8, 4) is 5.75 Å². The first-order valence-electron chi connectivity index (χ1n) is 10.7. The number of benzene rings is 2. The van der Waals surface area contributed by atoms with Gasteiger partial charge in [-0.3, -0.25) is 9.59 Å². The van der Waals surface area contributed by atoms with Crippen molar-refractivity contribution in [1.29, 1.82) is 0 Å². The molecular formula is C25H32N2O3. The Hall–Kier alpha value is -2.82. The van der Waals surface area contributed by atoms with Crippen molar-refractivity contribution in [2.24, 2.45) is 0 Å². The highest BCUT2D eigenvalue weighted by atomic mass is 16.5. The summed E-state index contributed by atoms with van der Waals surface area (Å²) < 4.78 is 5.45. The first-order chi connectivity index (χ1) is 14.3. The maximum absolute atomic E-state index is 13.0. The zero-order valence-corrected chi connectivity index (χ0v) is 18.5. The molecule has 0 unspecified atom stereocenters. The van der Waals surface area contributed by atoms with Gasteiger partial charge in [0, 0.05) is 37.3 Å². The molecule has 0 N–H and O–H groups in total. The SMILES string of the molecule is CCOc1ccc(C(=O)N2CCCN(C(=O)c3ccc(C(C)(C)C)cc3)CC2)cc1. The summed E-state index contributed by atoms with van der Waals surface area (Å²) in [4.78, 5) is 29.5. The average Bonchev–Trinajstić information content (AvgIpc) is 2.99. The molecule has 2 amide bonds. The highest BCUT2D eigenvalue weighted by Gasteiger charge is 2.24. The van der Waals surface area contributed by atoms with Gasteiger partial charge < -0.3 is 14.5 Å². The van der Waals surface area contributed by atoms with Gasteiger partial charge in [-0.1, -0.05) is 32.9 Å². The van der Waals surface area contributed by atoms with Crippen molar-refractivity contribution in [2.75, 3.05) is 32.8 Å². The van der Waals surface area contributed by atoms with Gasteiger partial charge in [0.1, 0.15) is 5.75 Å². The molecule has 0 saturated carbocycles. The lowest BCUT2D eigenvalue weighted by molar-refractivity contribution is 0.0718. The number of rotatable bonds is 4. The lowest BCUT2D eigenvalue weighted by Crippen LogP contribution is -2.37. The Morgan fingerprint density at radius 2 is 1.27 bits per heavy atom. The van der Waals surface area contributed by atoms with Crippen molar-refractivity contribution in [3.05, 3.63) is 65.2 Å². The minimum absolute atomic E-state index is 0.00174. The molecule has 1 aliphatic rings. The Labute approximate surface area is 179 Å². The van der Waals surface area contributed by atoms with Gasteiger partial charge in [0.05, 0.1) is 6.61 Å². The molecular weight excluding hydrogens is 376 g/mol. The highest BCUT2D eigenvalue weighted by Crippen LogP contribution is 2.23. The Balaban J connectivity index is 1.62. The van der Waals surface area contributed by atoms with Crippen LogP contribution in [0.5, 0.6) is 5.75 Å². The van der Waals surface area contributed by atoms with Crippen molar-refractivity contribution < 1.29 is 14.3 Å². The monoisotopic (exact) mass is 408 g/mol. The summed E-state index contributed by atoms with van der Waals surface area (Å²) in [5.41, 5.74) is 2.62. The lowest BCUT2D eigenvalue weighted by Gasteiger charge is -2.23. The third-order valence-electron chi connectivity index (χ3n) is 5.48. The molecule has 3 rings (SSSR count). The van der Waals surface area contributed by atoms with E-state index in [4.69, 9.17) is 4.74 Å². The lowest BCUT2D eigenvalue weighted by atomic mass is 9.86. The summed E-state index contributed by atoms with van der Waals surface area (Å²) in [7, 11) is 0. The fraction of sp³-hybridized carbons (Fsp3) is 0.440. The molecule has 30 heavy (non-hydrogen) atoms. The summed E-state index contributed by atoms with van der Waals surface area (Å²) in [6.45, 7) is 11.4. The van der Waals surface area contributed by atoms with Crippen LogP contribution < -0.4 is 4.74 Å². The summed E-state index contributed by atoms with van der Waals surface area (Å²) in [5.74, 6) is 0.798. The minimum atomic E-state index is 0.00174. The zero-order valence-electron chi connectivity index (χ0n) is 18.5. The van der Waals surface area contributed by atoms with Gasteiger partial charge in [0.15, 0.2) is 0 Å². The topological polar surface area (TPSA) is 49.9 Å². The maximum atomic E-state index is 13.0. The fourth-order valence-electron chi connectivity index (χ4n) is 3.66. The molecule has 5 nitrogen and oxygen atoms in total. The Morgan fingerprint density at radius 3 is 1.70 bits per heavy atom. The van der Waals surface area contributed by atoms with E-state index in [1.165, 1.54) is 5.56 Å². The molecule has 5 heteroatoms. The highest BCUT2D eigenvalue weighted by molar-refractivity contribution is 5.95. The number of nitrogens with zero attached hydrogens (tertiary/aromatic N) is 2. The number of ether oxygens (including phenoxy) is 1. The van der Waals surface area contributed by atoms with Crippen LogP contribution >= 0.6 is 0 Å². The molecule has 1 heterocycles. The fourth-order valence-corrected chi connectivity index (χ4v) is 3.66. The largest absolute Gasteiger partial charge is 0.494 e. The smallest absolute Gasteiger partial charge is 0.253 e. The van der Waals surface area contributed by atoms with Crippen LogP contribution in [0.25, 0.3) is 0 Å². The quantitative estimate of drug-likeness (QED) is 0.755. The van der Waals surface area contributed by atoms with Crippen molar-refractivity contribution in [3.63, 3.8) is 0 Å². The Bertz CT molecular complexity index is 867. The number of hydrogen-bond donors (Lipinski definition) is 0. The molecule has 0 aliphatic carbocycles. The van der Waals surface area contributed by atoms with Crippen molar-refractivity contribution in [2.45, 2.75) is 39.5 Å². The average molecular weight is 409 g/mol. The van der Waals surface area contributed by atoms with Crippen LogP contribution in [-0.2, 0) is 5.41 Å². The van der Waals surface area contributed by atoms with Crippen LogP contribution in [-0.4, -0.2) is 54.4 Å². The molecule has 0 bridgehead atoms. The van der Waals surface area contributed by atoms with E-state index in [0.29, 0.717) is 43.9 Å². The predicted molar refractivity (Wildman–Crippen MR) is 119 cm³/mol. The van der Waals surface area contributed by atoms with E-state index in [9.17, 15) is 9.59 Å². The van der Waals surface area contributed by atoms with Gasteiger partial charge >= 0.3 is 0 Å². The third kappa shape index (κ3) is 5.21. The Kier molecular flexibility index (Phi) is 6.80. The summed E-state index contributed by atoms with van der Waals surface area (Å²) in [6.07, 6.45) is 0.772. The molecule has 160 valence electrons. The molecule has 0 radical (unpaired) electrons. The van der Waals surface area contributed by atoms with E-state index in [2.05, 4.69) is 20.8 Å². The normalized spacial score (nSPS) is 14.9. The molecule has 2 aromatic rings. The van der Waals surface area contributed by atoms with E-state index >= 15 is 0 Å². The van der Waals surface area contributed by atoms with Crippen LogP contribution in [0.1, 0.15) is 60.4 Å². The van der Waals surface area contributed by atoms with Crippen LogP contribution in [0.4, 0.5) is 0 Å². The minimum Gasteiger partial charge on any atom is -0.494 e. The molecule has 1 aliphatic heterocycles. The van der Waals surface area contributed by atoms with Crippen LogP contribution in [0, 0.1) is 0 Å². The molecule has 0 aromatic heterocycles. The second-order valence-electron chi connectivity index (χ2n) is 8.72. The van der Waals surface area contributed by atoms with Gasteiger partial charge in [0.25, 0.3) is 11.8 Å². The van der Waals surface area contributed by atoms with Gasteiger partial charge in [-0.2, -0.15) is 0 Å². The van der Waals surface area contributed by atoms with Crippen LogP contribution in [0.3, 0.4) is 0 Å². The number of amides is 2. The summed E-state index contributed by atoms with van der Waals surface area (Å²) in [5, 5.41) is 0. The first kappa shape index (κ1) is 21.9. The van der Waals surface area contributed by atoms with Gasteiger partial charge in [0.2, 0.25) is 0 Å². The second-order valence-corrected chi connectivity index (χ2v) is 8.72. The second kappa shape index (κ2) is 9.33. The zero-order chi connectivity index (χ0) is 21.7. The number of hydrogen-bond acceptors (Lipinski definition) is 3. The van der Waals surface area contributed by atoms with E-state index in [1.807, 2.05) is 53.1 Å². The summed E-state index contributed by atoms with van der Waals surface area (Å²) in [6, 6.07) is 15.2. The molecule has 2 aromatic carbocycles. The van der Waals surface area contributed by atoms with E-state index in [1.54, 1.807) is 12.1 Å². The first-order valence-corrected chi connectivity index (χ1v) is 10.7. The van der Waals surface area contributed by atoms with E-state index < -0.39 is 0 Å². The molecule has 1 fully saturated rings. The van der Waals surface area contributed by atoms with Gasteiger partial charge in [-0.25, -0.2) is 0 Å². The maximum Gasteiger partial charge on any atom is 0.253 e. The Morgan fingerprint density at radius 1 is 0.800 bits per heavy atom. The van der Waals surface area contributed by atoms with Crippen molar-refractivity contribution >= 4 is 11.8 Å². The van der Waals surface area contributed by atoms with Gasteiger partial charge in [-0.15, -0.1) is 0 Å². The van der Waals surface area contributed by atoms with Gasteiger partial charge in [-0.05, 0) is 60.7 Å². The van der Waals surface area contributed by atoms with E-state index in [-0.39, 0.29) is 17.2 Å². The van der Waals surface area contributed by atoms with E-state index in [0.717, 1.165) is 12.2 Å². The predicted octanol–water partition coefficient (Wildman–Crippen LogP) is 4.37. The molecule has 0 spiro atoms. The number of carbonyl (C=O) groups is 2. The standard InChI is InChI=1S/C25H32N2O3/c1-5-30-22-13-9-20(10-14-22)24(29)27-16-6-15-26(17-18-27)23(28)19-7-11-21(12-8-19)25(2,3)4/h7-14H,5-6,15-18H2,1-4H3. The molecule has 1 saturated heterocycles. The number of carbonyl (C=O) groups excluding carboxylic acids is 2. The van der Waals surface area contributed by atoms with Crippen LogP contribution in [0.2, 0.25) is 0 Å². The van der Waals surface area contributed by atoms with Crippen LogP contribution in [0.15, 0.2) is 48.5 Å². The van der Waals surface area contributed by atoms with Crippen molar-refractivity contribution in [1.82, 2.24) is 9.80 Å². The molecule has 0 atom stereocenters.